The van der Waals surface area contributed by atoms with Gasteiger partial charge < -0.3 is 9.47 Å². The van der Waals surface area contributed by atoms with Crippen molar-refractivity contribution < 1.29 is 14.3 Å². The quantitative estimate of drug-likeness (QED) is 0.162. The van der Waals surface area contributed by atoms with Crippen molar-refractivity contribution in [3.63, 3.8) is 0 Å². The number of hydrogen-bond donors (Lipinski definition) is 0. The highest BCUT2D eigenvalue weighted by Gasteiger charge is 2.30. The highest BCUT2D eigenvalue weighted by Crippen LogP contribution is 2.21. The summed E-state index contributed by atoms with van der Waals surface area (Å²) in [6.07, 6.45) is 14.3. The molecule has 0 saturated carbocycles. The number of unbranched alkanes of at least 4 members (excludes halogenated alkanes) is 2. The molecule has 1 aromatic carbocycles. The molecule has 0 spiro atoms. The number of methoxy groups -OCH3 is 1. The van der Waals surface area contributed by atoms with Gasteiger partial charge in [-0.1, -0.05) is 61.9 Å². The summed E-state index contributed by atoms with van der Waals surface area (Å²) in [7, 11) is 1.36. The van der Waals surface area contributed by atoms with Crippen molar-refractivity contribution in [2.75, 3.05) is 7.11 Å². The van der Waals surface area contributed by atoms with Crippen molar-refractivity contribution in [1.29, 1.82) is 0 Å². The van der Waals surface area contributed by atoms with E-state index in [0.717, 1.165) is 56.3 Å². The minimum atomic E-state index is -1.03. The second-order valence-corrected chi connectivity index (χ2v) is 9.72. The predicted molar refractivity (Wildman–Crippen MR) is 149 cm³/mol. The lowest BCUT2D eigenvalue weighted by molar-refractivity contribution is -0.156. The number of carbonyl (C=O) groups is 1. The molecule has 0 atom stereocenters. The summed E-state index contributed by atoms with van der Waals surface area (Å²) in [5.41, 5.74) is 1.31. The second kappa shape index (κ2) is 15.0. The van der Waals surface area contributed by atoms with E-state index in [1.165, 1.54) is 12.7 Å². The van der Waals surface area contributed by atoms with E-state index in [0.29, 0.717) is 18.8 Å². The molecule has 0 radical (unpaired) electrons. The maximum atomic E-state index is 12.8. The van der Waals surface area contributed by atoms with E-state index >= 15 is 0 Å². The Morgan fingerprint density at radius 1 is 1.11 bits per heavy atom. The van der Waals surface area contributed by atoms with Crippen molar-refractivity contribution in [2.24, 2.45) is 0 Å². The van der Waals surface area contributed by atoms with Crippen LogP contribution in [0.1, 0.15) is 71.2 Å². The minimum absolute atomic E-state index is 0.0127. The number of aryl methyl sites for hydroxylation is 3. The van der Waals surface area contributed by atoms with Crippen molar-refractivity contribution in [2.45, 2.75) is 91.3 Å². The summed E-state index contributed by atoms with van der Waals surface area (Å²) in [6, 6.07) is 7.85. The smallest absolute Gasteiger partial charge is 0.349 e. The lowest BCUT2D eigenvalue weighted by Crippen LogP contribution is -2.39. The second-order valence-electron chi connectivity index (χ2n) is 9.72. The van der Waals surface area contributed by atoms with Gasteiger partial charge in [-0.3, -0.25) is 4.57 Å². The molecular formula is C30H43N3O4. The number of rotatable bonds is 16. The Balaban J connectivity index is 1.84. The molecule has 1 heterocycles. The van der Waals surface area contributed by atoms with E-state index in [1.807, 2.05) is 47.9 Å². The van der Waals surface area contributed by atoms with Gasteiger partial charge in [0.1, 0.15) is 11.6 Å². The fourth-order valence-corrected chi connectivity index (χ4v) is 4.07. The lowest BCUT2D eigenvalue weighted by Gasteiger charge is -2.23. The topological polar surface area (TPSA) is 75.4 Å². The maximum Gasteiger partial charge on any atom is 0.349 e. The van der Waals surface area contributed by atoms with Gasteiger partial charge in [0.15, 0.2) is 5.60 Å². The monoisotopic (exact) mass is 509 g/mol. The highest BCUT2D eigenvalue weighted by molar-refractivity contribution is 5.78. The molecule has 0 amide bonds. The summed E-state index contributed by atoms with van der Waals surface area (Å²) in [6.45, 7) is 12.5. The van der Waals surface area contributed by atoms with Crippen LogP contribution in [0.3, 0.4) is 0 Å². The average molecular weight is 510 g/mol. The number of esters is 1. The summed E-state index contributed by atoms with van der Waals surface area (Å²) in [5, 5.41) is 4.65. The van der Waals surface area contributed by atoms with Gasteiger partial charge in [-0.25, -0.2) is 14.3 Å². The Hall–Kier alpha value is -3.35. The van der Waals surface area contributed by atoms with Crippen molar-refractivity contribution in [3.05, 3.63) is 82.6 Å². The summed E-state index contributed by atoms with van der Waals surface area (Å²) >= 11 is 0. The zero-order valence-corrected chi connectivity index (χ0v) is 23.2. The van der Waals surface area contributed by atoms with Gasteiger partial charge in [0.2, 0.25) is 0 Å². The molecule has 0 N–H and O–H groups in total. The van der Waals surface area contributed by atoms with Gasteiger partial charge in [-0.05, 0) is 70.6 Å². The standard InChI is InChI=1S/C30H43N3O4/c1-7-14-24(3)15-12-13-23-33-29(35)32(22-8-2)27(31-33)17-11-9-10-16-25-18-20-26(21-19-25)37-30(4,5)28(34)36-6/h7,12,14-15,18-21H,1,8-11,13,16-17,22-23H2,2-6H3/b15-12-,24-14-. The molecule has 7 heteroatoms. The van der Waals surface area contributed by atoms with Crippen LogP contribution in [0.25, 0.3) is 0 Å². The predicted octanol–water partition coefficient (Wildman–Crippen LogP) is 5.82. The van der Waals surface area contributed by atoms with Crippen LogP contribution in [-0.2, 0) is 35.5 Å². The van der Waals surface area contributed by atoms with Crippen LogP contribution in [0.15, 0.2) is 65.5 Å². The van der Waals surface area contributed by atoms with Crippen molar-refractivity contribution >= 4 is 5.97 Å². The molecule has 0 aliphatic carbocycles. The minimum Gasteiger partial charge on any atom is -0.476 e. The fraction of sp³-hybridized carbons (Fsp3) is 0.500. The van der Waals surface area contributed by atoms with E-state index in [4.69, 9.17) is 9.47 Å². The van der Waals surface area contributed by atoms with E-state index in [-0.39, 0.29) is 5.69 Å². The Morgan fingerprint density at radius 3 is 2.46 bits per heavy atom. The van der Waals surface area contributed by atoms with Crippen LogP contribution in [-0.4, -0.2) is 33.0 Å². The van der Waals surface area contributed by atoms with E-state index in [1.54, 1.807) is 24.6 Å². The van der Waals surface area contributed by atoms with E-state index in [2.05, 4.69) is 24.7 Å². The van der Waals surface area contributed by atoms with Crippen LogP contribution in [0.4, 0.5) is 0 Å². The SMILES string of the molecule is C=C/C=C(C)\C=C/CCn1nc(CCCCCc2ccc(OC(C)(C)C(=O)OC)cc2)n(CCC)c1=O. The molecule has 7 nitrogen and oxygen atoms in total. The third kappa shape index (κ3) is 9.56. The van der Waals surface area contributed by atoms with Crippen LogP contribution in [0.2, 0.25) is 0 Å². The molecule has 0 aliphatic heterocycles. The van der Waals surface area contributed by atoms with Crippen LogP contribution in [0.5, 0.6) is 5.75 Å². The van der Waals surface area contributed by atoms with Crippen molar-refractivity contribution in [1.82, 2.24) is 14.3 Å². The highest BCUT2D eigenvalue weighted by atomic mass is 16.6. The zero-order chi connectivity index (χ0) is 27.3. The Morgan fingerprint density at radius 2 is 1.81 bits per heavy atom. The van der Waals surface area contributed by atoms with Crippen LogP contribution >= 0.6 is 0 Å². The summed E-state index contributed by atoms with van der Waals surface area (Å²) in [5.74, 6) is 1.12. The van der Waals surface area contributed by atoms with Gasteiger partial charge >= 0.3 is 11.7 Å². The van der Waals surface area contributed by atoms with Gasteiger partial charge in [0.05, 0.1) is 7.11 Å². The van der Waals surface area contributed by atoms with Gasteiger partial charge in [-0.2, -0.15) is 5.10 Å². The summed E-state index contributed by atoms with van der Waals surface area (Å²) in [4.78, 5) is 24.6. The molecule has 1 aromatic heterocycles. The Bertz CT molecular complexity index is 1120. The summed E-state index contributed by atoms with van der Waals surface area (Å²) < 4.78 is 14.0. The Labute approximate surface area is 221 Å². The first-order valence-corrected chi connectivity index (χ1v) is 13.2. The number of carbonyl (C=O) groups excluding carboxylic acids is 1. The van der Waals surface area contributed by atoms with E-state index < -0.39 is 11.6 Å². The van der Waals surface area contributed by atoms with E-state index in [9.17, 15) is 9.59 Å². The lowest BCUT2D eigenvalue weighted by atomic mass is 10.1. The first-order valence-electron chi connectivity index (χ1n) is 13.2. The number of allylic oxidation sites excluding steroid dienone is 5. The molecule has 0 unspecified atom stereocenters. The molecular weight excluding hydrogens is 466 g/mol. The Kier molecular flexibility index (Phi) is 12.1. The van der Waals surface area contributed by atoms with Crippen LogP contribution < -0.4 is 10.4 Å². The van der Waals surface area contributed by atoms with Crippen LogP contribution in [0, 0.1) is 0 Å². The largest absolute Gasteiger partial charge is 0.476 e. The molecule has 0 bridgehead atoms. The number of aromatic nitrogens is 3. The average Bonchev–Trinajstić information content (AvgIpc) is 3.16. The molecule has 2 rings (SSSR count). The number of benzene rings is 1. The number of ether oxygens (including phenoxy) is 2. The zero-order valence-electron chi connectivity index (χ0n) is 23.2. The fourth-order valence-electron chi connectivity index (χ4n) is 4.07. The molecule has 0 fully saturated rings. The molecule has 2 aromatic rings. The molecule has 0 saturated heterocycles. The van der Waals surface area contributed by atoms with Crippen molar-refractivity contribution in [3.8, 4) is 5.75 Å². The molecule has 202 valence electrons. The van der Waals surface area contributed by atoms with Gasteiger partial charge in [-0.15, -0.1) is 0 Å². The number of nitrogens with zero attached hydrogens (tertiary/aromatic N) is 3. The third-order valence-corrected chi connectivity index (χ3v) is 6.05. The maximum absolute atomic E-state index is 12.8. The van der Waals surface area contributed by atoms with Gasteiger partial charge in [0, 0.05) is 19.5 Å². The van der Waals surface area contributed by atoms with Gasteiger partial charge in [0.25, 0.3) is 0 Å². The number of hydrogen-bond acceptors (Lipinski definition) is 5. The normalized spacial score (nSPS) is 12.2. The molecule has 37 heavy (non-hydrogen) atoms. The first kappa shape index (κ1) is 29.9. The third-order valence-electron chi connectivity index (χ3n) is 6.05. The molecule has 0 aliphatic rings. The first-order chi connectivity index (χ1) is 17.7.